The maximum absolute atomic E-state index is 15.3. The highest BCUT2D eigenvalue weighted by Crippen LogP contribution is 2.32. The molecular formula is C41H40F5N3O3S. The predicted octanol–water partition coefficient (Wildman–Crippen LogP) is 8.71. The fourth-order valence-electron chi connectivity index (χ4n) is 5.91. The maximum Gasteiger partial charge on any atom is 0.416 e. The number of benzene rings is 4. The van der Waals surface area contributed by atoms with Gasteiger partial charge in [-0.05, 0) is 72.3 Å². The van der Waals surface area contributed by atoms with Crippen LogP contribution in [0.4, 0.5) is 22.0 Å². The van der Waals surface area contributed by atoms with Crippen molar-refractivity contribution in [2.45, 2.75) is 55.8 Å². The fraction of sp³-hybridized carbons (Fsp3) is 0.317. The van der Waals surface area contributed by atoms with Gasteiger partial charge in [-0.15, -0.1) is 11.8 Å². The summed E-state index contributed by atoms with van der Waals surface area (Å²) in [5.74, 6) is -4.60. The Morgan fingerprint density at radius 2 is 1.72 bits per heavy atom. The van der Waals surface area contributed by atoms with Crippen molar-refractivity contribution >= 4 is 28.6 Å². The Bertz CT molecular complexity index is 2620. The largest absolute Gasteiger partial charge is 0.416 e. The molecule has 53 heavy (non-hydrogen) atoms. The minimum Gasteiger partial charge on any atom is -0.383 e. The Labute approximate surface area is 324 Å². The second-order valence-corrected chi connectivity index (χ2v) is 13.3. The molecule has 278 valence electrons. The molecule has 2 heterocycles. The highest BCUT2D eigenvalue weighted by atomic mass is 32.2. The Morgan fingerprint density at radius 3 is 2.40 bits per heavy atom. The zero-order chi connectivity index (χ0) is 47.3. The van der Waals surface area contributed by atoms with Crippen molar-refractivity contribution < 1.29 is 46.6 Å². The van der Waals surface area contributed by atoms with Crippen LogP contribution in [0.3, 0.4) is 0 Å². The van der Waals surface area contributed by atoms with Crippen molar-refractivity contribution in [3.8, 4) is 11.1 Å². The number of fused-ring (bicyclic) bond motifs is 1. The number of piperidine rings is 1. The number of aromatic nitrogens is 1. The number of nitrogens with zero attached hydrogens (tertiary/aromatic N) is 3. The number of carbonyl (C=O) groups excluding carboxylic acids is 1. The number of carbonyl (C=O) groups is 1. The van der Waals surface area contributed by atoms with Gasteiger partial charge in [-0.1, -0.05) is 54.6 Å². The number of hydrogen-bond donors (Lipinski definition) is 0. The highest BCUT2D eigenvalue weighted by molar-refractivity contribution is 7.98. The summed E-state index contributed by atoms with van der Waals surface area (Å²) in [5.41, 5.74) is -2.69. The summed E-state index contributed by atoms with van der Waals surface area (Å²) in [6.45, 7) is -4.86. The van der Waals surface area contributed by atoms with E-state index in [4.69, 9.17) is 14.3 Å². The molecule has 4 aromatic carbocycles. The molecule has 0 radical (unpaired) electrons. The smallest absolute Gasteiger partial charge is 0.383 e. The Hall–Kier alpha value is -4.52. The summed E-state index contributed by atoms with van der Waals surface area (Å²) in [6, 6.07) is 8.76. The number of amides is 1. The monoisotopic (exact) mass is 760 g/mol. The second kappa shape index (κ2) is 16.7. The molecular weight excluding hydrogens is 710 g/mol. The lowest BCUT2D eigenvalue weighted by atomic mass is 10.00. The summed E-state index contributed by atoms with van der Waals surface area (Å²) in [5, 5.41) is -1.39. The number of methoxy groups -OCH3 is 1. The lowest BCUT2D eigenvalue weighted by Gasteiger charge is -2.39. The maximum atomic E-state index is 15.3. The summed E-state index contributed by atoms with van der Waals surface area (Å²) in [7, 11) is -2.65. The molecule has 6 nitrogen and oxygen atoms in total. The molecule has 0 aliphatic carbocycles. The topological polar surface area (TPSA) is 54.8 Å². The van der Waals surface area contributed by atoms with E-state index in [-0.39, 0.29) is 55.8 Å². The van der Waals surface area contributed by atoms with Crippen LogP contribution < -0.4 is 5.43 Å². The second-order valence-electron chi connectivity index (χ2n) is 12.3. The number of hydrogen-bond acceptors (Lipinski definition) is 5. The normalized spacial score (nSPS) is 18.0. The van der Waals surface area contributed by atoms with Crippen LogP contribution in [0.5, 0.6) is 0 Å². The van der Waals surface area contributed by atoms with Crippen molar-refractivity contribution in [1.29, 1.82) is 0 Å². The minimum atomic E-state index is -4.58. The molecule has 1 aromatic heterocycles. The first-order chi connectivity index (χ1) is 29.8. The quantitative estimate of drug-likeness (QED) is 0.0942. The molecule has 5 aromatic rings. The van der Waals surface area contributed by atoms with Gasteiger partial charge in [-0.2, -0.15) is 13.2 Å². The summed E-state index contributed by atoms with van der Waals surface area (Å²) < 4.78 is 169. The standard InChI is InChI=1S/C41H40F5N3O3S/c1-27-6-15-34-36(22-27)49(39(23-37(34)50)53-26-31-4-3-5-35(42)40(31)43)25-38(51)48(33-16-18-47(19-17-33)20-21-52-2)24-28-7-9-29(10-8-28)30-11-13-32(14-12-30)41(44,45)46/h3-15,22-23,33H,16-21,24-26H2,1-2H3/i2D3,6D,15D,22D,23D,24D2,25D2. The number of rotatable bonds is 12. The average molecular weight is 761 g/mol. The molecule has 1 saturated heterocycles. The van der Waals surface area contributed by atoms with Gasteiger partial charge >= 0.3 is 6.18 Å². The predicted molar refractivity (Wildman–Crippen MR) is 198 cm³/mol. The van der Waals surface area contributed by atoms with Gasteiger partial charge in [0, 0.05) is 62.0 Å². The van der Waals surface area contributed by atoms with Gasteiger partial charge < -0.3 is 19.1 Å². The van der Waals surface area contributed by atoms with Crippen LogP contribution in [-0.2, 0) is 34.5 Å². The van der Waals surface area contributed by atoms with Crippen molar-refractivity contribution in [2.75, 3.05) is 33.3 Å². The SMILES string of the molecule is [2H]c1c(C)c([2H])c2c(c1[2H])c(=O)c([2H])c(SCc1cccc(F)c1F)n2C([2H])([2H])C(=O)N(C1CCN(CCOC([2H])([2H])[2H])CC1)C([2H])([2H])c1ccc(-c2ccc(C(F)(F)F)cc2)cc1. The Balaban J connectivity index is 1.49. The van der Waals surface area contributed by atoms with E-state index in [0.29, 0.717) is 32.4 Å². The average Bonchev–Trinajstić information content (AvgIpc) is 3.23. The molecule has 12 heteroatoms. The fourth-order valence-corrected chi connectivity index (χ4v) is 6.86. The third-order valence-electron chi connectivity index (χ3n) is 8.73. The third kappa shape index (κ3) is 9.17. The van der Waals surface area contributed by atoms with E-state index in [1.807, 2.05) is 0 Å². The lowest BCUT2D eigenvalue weighted by molar-refractivity contribution is -0.137. The van der Waals surface area contributed by atoms with E-state index >= 15 is 4.79 Å². The molecule has 0 bridgehead atoms. The van der Waals surface area contributed by atoms with E-state index in [9.17, 15) is 32.2 Å². The summed E-state index contributed by atoms with van der Waals surface area (Å²) in [4.78, 5) is 31.6. The van der Waals surface area contributed by atoms with Crippen LogP contribution in [0, 0.1) is 18.6 Å². The first-order valence-corrected chi connectivity index (χ1v) is 17.5. The van der Waals surface area contributed by atoms with Crippen molar-refractivity contribution in [3.63, 3.8) is 0 Å². The van der Waals surface area contributed by atoms with Crippen LogP contribution in [0.15, 0.2) is 101 Å². The van der Waals surface area contributed by atoms with Gasteiger partial charge in [0.15, 0.2) is 17.1 Å². The lowest BCUT2D eigenvalue weighted by Crippen LogP contribution is -2.48. The zero-order valence-electron chi connectivity index (χ0n) is 39.2. The van der Waals surface area contributed by atoms with E-state index in [2.05, 4.69) is 0 Å². The Kier molecular flexibility index (Phi) is 8.26. The Morgan fingerprint density at radius 1 is 1.02 bits per heavy atom. The van der Waals surface area contributed by atoms with E-state index < -0.39 is 107 Å². The number of halogens is 5. The molecule has 0 saturated carbocycles. The van der Waals surface area contributed by atoms with Gasteiger partial charge in [-0.25, -0.2) is 8.78 Å². The van der Waals surface area contributed by atoms with E-state index in [0.717, 1.165) is 18.2 Å². The molecule has 0 atom stereocenters. The molecule has 0 N–H and O–H groups in total. The highest BCUT2D eigenvalue weighted by Gasteiger charge is 2.31. The number of likely N-dealkylation sites (tertiary alicyclic amines) is 1. The molecule has 1 aliphatic rings. The first-order valence-electron chi connectivity index (χ1n) is 22.0. The van der Waals surface area contributed by atoms with Crippen LogP contribution in [0.1, 0.15) is 50.2 Å². The number of pyridine rings is 1. The van der Waals surface area contributed by atoms with Gasteiger partial charge in [-0.3, -0.25) is 9.59 Å². The van der Waals surface area contributed by atoms with E-state index in [1.165, 1.54) is 55.5 Å². The van der Waals surface area contributed by atoms with Crippen molar-refractivity contribution in [1.82, 2.24) is 14.4 Å². The summed E-state index contributed by atoms with van der Waals surface area (Å²) in [6.07, 6.45) is -4.57. The van der Waals surface area contributed by atoms with Crippen LogP contribution in [0.2, 0.25) is 0 Å². The van der Waals surface area contributed by atoms with Gasteiger partial charge in [0.25, 0.3) is 0 Å². The van der Waals surface area contributed by atoms with Gasteiger partial charge in [0.1, 0.15) is 6.50 Å². The van der Waals surface area contributed by atoms with Gasteiger partial charge in [0.2, 0.25) is 5.91 Å². The minimum absolute atomic E-state index is 0.00959. The number of ether oxygens (including phenoxy) is 1. The molecule has 0 unspecified atom stereocenters. The molecule has 1 fully saturated rings. The molecule has 1 aliphatic heterocycles. The number of thioether (sulfide) groups is 1. The van der Waals surface area contributed by atoms with Gasteiger partial charge in [0.05, 0.1) is 37.8 Å². The van der Waals surface area contributed by atoms with Crippen molar-refractivity contribution in [2.24, 2.45) is 0 Å². The molecule has 6 rings (SSSR count). The molecule has 0 spiro atoms. The summed E-state index contributed by atoms with van der Waals surface area (Å²) >= 11 is 0.462. The van der Waals surface area contributed by atoms with Crippen LogP contribution in [-0.4, -0.2) is 59.6 Å². The first kappa shape index (κ1) is 26.3. The zero-order valence-corrected chi connectivity index (χ0v) is 29.1. The third-order valence-corrected chi connectivity index (χ3v) is 9.74. The van der Waals surface area contributed by atoms with E-state index in [1.54, 1.807) is 4.90 Å². The number of alkyl halides is 3. The van der Waals surface area contributed by atoms with Crippen LogP contribution in [0.25, 0.3) is 22.0 Å². The van der Waals surface area contributed by atoms with Crippen molar-refractivity contribution in [3.05, 3.63) is 135 Å². The molecule has 1 amide bonds. The van der Waals surface area contributed by atoms with Crippen LogP contribution >= 0.6 is 11.8 Å².